The van der Waals surface area contributed by atoms with Crippen molar-refractivity contribution < 1.29 is 0 Å². The third-order valence-corrected chi connectivity index (χ3v) is 4.07. The van der Waals surface area contributed by atoms with Gasteiger partial charge in [0.05, 0.1) is 11.8 Å². The fourth-order valence-electron chi connectivity index (χ4n) is 2.91. The van der Waals surface area contributed by atoms with Crippen molar-refractivity contribution in [2.45, 2.75) is 50.5 Å². The summed E-state index contributed by atoms with van der Waals surface area (Å²) in [4.78, 5) is 4.45. The Morgan fingerprint density at radius 3 is 2.59 bits per heavy atom. The molecule has 4 heteroatoms. The molecule has 0 amide bonds. The SMILES string of the molecule is N#Cc1nc(C2(C#N)CCC2)n2c1CCCC2. The van der Waals surface area contributed by atoms with E-state index in [9.17, 15) is 5.26 Å². The molecule has 1 aromatic heterocycles. The Morgan fingerprint density at radius 2 is 2.00 bits per heavy atom. The average molecular weight is 226 g/mol. The Morgan fingerprint density at radius 1 is 1.18 bits per heavy atom. The van der Waals surface area contributed by atoms with Gasteiger partial charge in [0.25, 0.3) is 0 Å². The van der Waals surface area contributed by atoms with Crippen LogP contribution in [0.25, 0.3) is 0 Å². The van der Waals surface area contributed by atoms with E-state index in [0.29, 0.717) is 5.69 Å². The third-order valence-electron chi connectivity index (χ3n) is 4.07. The van der Waals surface area contributed by atoms with Gasteiger partial charge in [-0.25, -0.2) is 4.98 Å². The number of fused-ring (bicyclic) bond motifs is 1. The molecule has 3 rings (SSSR count). The van der Waals surface area contributed by atoms with Crippen LogP contribution in [0, 0.1) is 22.7 Å². The predicted molar refractivity (Wildman–Crippen MR) is 61.0 cm³/mol. The minimum absolute atomic E-state index is 0.402. The van der Waals surface area contributed by atoms with Crippen LogP contribution in [0.1, 0.15) is 49.3 Å². The van der Waals surface area contributed by atoms with Crippen molar-refractivity contribution in [3.63, 3.8) is 0 Å². The third kappa shape index (κ3) is 1.31. The van der Waals surface area contributed by atoms with Gasteiger partial charge in [0.1, 0.15) is 17.3 Å². The number of hydrogen-bond acceptors (Lipinski definition) is 3. The van der Waals surface area contributed by atoms with Gasteiger partial charge in [-0.2, -0.15) is 10.5 Å². The maximum Gasteiger partial charge on any atom is 0.162 e. The molecule has 1 saturated carbocycles. The molecule has 1 fully saturated rings. The number of aromatic nitrogens is 2. The lowest BCUT2D eigenvalue weighted by atomic mass is 9.69. The molecule has 0 N–H and O–H groups in total. The second-order valence-corrected chi connectivity index (χ2v) is 5.00. The van der Waals surface area contributed by atoms with Gasteiger partial charge in [-0.05, 0) is 38.5 Å². The van der Waals surface area contributed by atoms with Gasteiger partial charge in [-0.15, -0.1) is 0 Å². The maximum atomic E-state index is 9.39. The van der Waals surface area contributed by atoms with E-state index in [1.807, 2.05) is 0 Å². The highest BCUT2D eigenvalue weighted by Gasteiger charge is 2.44. The first-order valence-electron chi connectivity index (χ1n) is 6.22. The average Bonchev–Trinajstić information content (AvgIpc) is 2.68. The summed E-state index contributed by atoms with van der Waals surface area (Å²) in [5.41, 5.74) is 1.19. The molecular formula is C13H14N4. The highest BCUT2D eigenvalue weighted by molar-refractivity contribution is 5.36. The molecule has 0 bridgehead atoms. The molecule has 2 heterocycles. The second-order valence-electron chi connectivity index (χ2n) is 5.00. The van der Waals surface area contributed by atoms with Gasteiger partial charge in [0.2, 0.25) is 0 Å². The number of hydrogen-bond donors (Lipinski definition) is 0. The molecule has 1 aliphatic carbocycles. The van der Waals surface area contributed by atoms with Crippen molar-refractivity contribution in [3.8, 4) is 12.1 Å². The highest BCUT2D eigenvalue weighted by atomic mass is 15.1. The summed E-state index contributed by atoms with van der Waals surface area (Å²) in [5, 5.41) is 18.5. The first kappa shape index (κ1) is 10.4. The molecule has 4 nitrogen and oxygen atoms in total. The highest BCUT2D eigenvalue weighted by Crippen LogP contribution is 2.43. The van der Waals surface area contributed by atoms with Crippen molar-refractivity contribution >= 4 is 0 Å². The van der Waals surface area contributed by atoms with Crippen LogP contribution in [0.5, 0.6) is 0 Å². The van der Waals surface area contributed by atoms with Gasteiger partial charge >= 0.3 is 0 Å². The molecule has 0 spiro atoms. The smallest absolute Gasteiger partial charge is 0.162 e. The van der Waals surface area contributed by atoms with Crippen LogP contribution in [0.3, 0.4) is 0 Å². The zero-order valence-corrected chi connectivity index (χ0v) is 9.74. The van der Waals surface area contributed by atoms with Crippen LogP contribution in [-0.2, 0) is 18.4 Å². The lowest BCUT2D eigenvalue weighted by Crippen LogP contribution is -2.36. The molecule has 86 valence electrons. The molecule has 0 unspecified atom stereocenters. The Bertz CT molecular complexity index is 537. The van der Waals surface area contributed by atoms with E-state index in [2.05, 4.69) is 21.7 Å². The van der Waals surface area contributed by atoms with Crippen molar-refractivity contribution in [3.05, 3.63) is 17.2 Å². The van der Waals surface area contributed by atoms with Crippen LogP contribution in [-0.4, -0.2) is 9.55 Å². The number of imidazole rings is 1. The fraction of sp³-hybridized carbons (Fsp3) is 0.615. The Kier molecular flexibility index (Phi) is 2.19. The second kappa shape index (κ2) is 3.60. The Balaban J connectivity index is 2.15. The summed E-state index contributed by atoms with van der Waals surface area (Å²) in [6.45, 7) is 0.919. The summed E-state index contributed by atoms with van der Waals surface area (Å²) in [7, 11) is 0. The van der Waals surface area contributed by atoms with Gasteiger partial charge in [-0.3, -0.25) is 0 Å². The van der Waals surface area contributed by atoms with E-state index in [4.69, 9.17) is 5.26 Å². The van der Waals surface area contributed by atoms with E-state index in [1.165, 1.54) is 0 Å². The molecule has 1 aromatic rings. The van der Waals surface area contributed by atoms with Crippen molar-refractivity contribution in [1.29, 1.82) is 10.5 Å². The Hall–Kier alpha value is -1.81. The summed E-state index contributed by atoms with van der Waals surface area (Å²) in [6, 6.07) is 4.60. The molecule has 2 aliphatic rings. The van der Waals surface area contributed by atoms with E-state index >= 15 is 0 Å². The molecular weight excluding hydrogens is 212 g/mol. The lowest BCUT2D eigenvalue weighted by molar-refractivity contribution is 0.292. The summed E-state index contributed by atoms with van der Waals surface area (Å²) in [5.74, 6) is 0.859. The predicted octanol–water partition coefficient (Wildman–Crippen LogP) is 2.04. The van der Waals surface area contributed by atoms with E-state index in [0.717, 1.165) is 56.6 Å². The lowest BCUT2D eigenvalue weighted by Gasteiger charge is -2.35. The monoisotopic (exact) mass is 226 g/mol. The fourth-order valence-corrected chi connectivity index (χ4v) is 2.91. The molecule has 17 heavy (non-hydrogen) atoms. The van der Waals surface area contributed by atoms with Gasteiger partial charge in [0.15, 0.2) is 5.69 Å². The minimum Gasteiger partial charge on any atom is -0.329 e. The molecule has 0 atom stereocenters. The van der Waals surface area contributed by atoms with Crippen LogP contribution in [0.2, 0.25) is 0 Å². The summed E-state index contributed by atoms with van der Waals surface area (Å²) in [6.07, 6.45) is 6.06. The number of nitrogens with zero attached hydrogens (tertiary/aromatic N) is 4. The zero-order chi connectivity index (χ0) is 11.9. The van der Waals surface area contributed by atoms with Crippen molar-refractivity contribution in [2.24, 2.45) is 0 Å². The van der Waals surface area contributed by atoms with E-state index in [-0.39, 0.29) is 0 Å². The largest absolute Gasteiger partial charge is 0.329 e. The molecule has 0 saturated heterocycles. The standard InChI is InChI=1S/C13H14N4/c14-8-10-11-4-1-2-7-17(11)12(16-10)13(9-15)5-3-6-13/h1-7H2. The number of nitriles is 2. The quantitative estimate of drug-likeness (QED) is 0.736. The van der Waals surface area contributed by atoms with Crippen LogP contribution >= 0.6 is 0 Å². The van der Waals surface area contributed by atoms with Gasteiger partial charge in [0, 0.05) is 6.54 Å². The normalized spacial score (nSPS) is 20.8. The topological polar surface area (TPSA) is 65.4 Å². The first-order valence-corrected chi connectivity index (χ1v) is 6.22. The first-order chi connectivity index (χ1) is 8.30. The van der Waals surface area contributed by atoms with Crippen LogP contribution < -0.4 is 0 Å². The van der Waals surface area contributed by atoms with E-state index in [1.54, 1.807) is 0 Å². The van der Waals surface area contributed by atoms with Crippen molar-refractivity contribution in [1.82, 2.24) is 9.55 Å². The molecule has 1 aliphatic heterocycles. The number of rotatable bonds is 1. The van der Waals surface area contributed by atoms with E-state index < -0.39 is 5.41 Å². The summed E-state index contributed by atoms with van der Waals surface area (Å²) >= 11 is 0. The minimum atomic E-state index is -0.402. The van der Waals surface area contributed by atoms with Crippen molar-refractivity contribution in [2.75, 3.05) is 0 Å². The van der Waals surface area contributed by atoms with Gasteiger partial charge in [-0.1, -0.05) is 0 Å². The molecule has 0 aromatic carbocycles. The summed E-state index contributed by atoms with van der Waals surface area (Å²) < 4.78 is 2.14. The molecule has 0 radical (unpaired) electrons. The zero-order valence-electron chi connectivity index (χ0n) is 9.74. The van der Waals surface area contributed by atoms with Crippen LogP contribution in [0.15, 0.2) is 0 Å². The van der Waals surface area contributed by atoms with Gasteiger partial charge < -0.3 is 4.57 Å². The van der Waals surface area contributed by atoms with Crippen LogP contribution in [0.4, 0.5) is 0 Å². The Labute approximate surface area is 100 Å². The maximum absolute atomic E-state index is 9.39.